The summed E-state index contributed by atoms with van der Waals surface area (Å²) < 4.78 is 36.8. The highest BCUT2D eigenvalue weighted by Gasteiger charge is 2.28. The maximum Gasteiger partial charge on any atom is 0.390 e. The molecule has 20 heavy (non-hydrogen) atoms. The fourth-order valence-electron chi connectivity index (χ4n) is 1.50. The molecule has 0 unspecified atom stereocenters. The van der Waals surface area contributed by atoms with Gasteiger partial charge in [0.15, 0.2) is 0 Å². The Morgan fingerprint density at radius 3 is 2.25 bits per heavy atom. The summed E-state index contributed by atoms with van der Waals surface area (Å²) in [5.74, 6) is 1.68. The number of alkyl halides is 3. The van der Waals surface area contributed by atoms with Crippen molar-refractivity contribution in [1.29, 1.82) is 0 Å². The van der Waals surface area contributed by atoms with Crippen molar-refractivity contribution in [2.45, 2.75) is 38.8 Å². The molecule has 7 heteroatoms. The zero-order valence-corrected chi connectivity index (χ0v) is 12.5. The van der Waals surface area contributed by atoms with Gasteiger partial charge in [0.25, 0.3) is 0 Å². The third kappa shape index (κ3) is 4.86. The summed E-state index contributed by atoms with van der Waals surface area (Å²) in [5, 5.41) is 2.91. The van der Waals surface area contributed by atoms with E-state index in [0.717, 1.165) is 0 Å². The summed E-state index contributed by atoms with van der Waals surface area (Å²) in [5.41, 5.74) is -0.271. The largest absolute Gasteiger partial charge is 0.390 e. The Labute approximate surface area is 117 Å². The molecule has 1 heterocycles. The van der Waals surface area contributed by atoms with Crippen LogP contribution in [-0.4, -0.2) is 36.8 Å². The Hall–Kier alpha value is -1.53. The maximum atomic E-state index is 12.3. The van der Waals surface area contributed by atoms with Gasteiger partial charge in [-0.2, -0.15) is 13.2 Å². The van der Waals surface area contributed by atoms with Gasteiger partial charge < -0.3 is 10.2 Å². The molecule has 1 aromatic rings. The molecule has 0 aromatic carbocycles. The number of halogens is 3. The molecule has 1 N–H and O–H groups in total. The van der Waals surface area contributed by atoms with E-state index in [1.54, 1.807) is 20.2 Å². The van der Waals surface area contributed by atoms with Gasteiger partial charge in [0.1, 0.15) is 17.5 Å². The molecule has 0 amide bonds. The molecule has 0 saturated carbocycles. The second-order valence-corrected chi connectivity index (χ2v) is 5.72. The van der Waals surface area contributed by atoms with Gasteiger partial charge in [0, 0.05) is 32.1 Å². The van der Waals surface area contributed by atoms with Crippen LogP contribution in [0.25, 0.3) is 0 Å². The van der Waals surface area contributed by atoms with E-state index in [4.69, 9.17) is 0 Å². The van der Waals surface area contributed by atoms with E-state index in [1.807, 2.05) is 20.8 Å². The molecule has 1 aromatic heterocycles. The van der Waals surface area contributed by atoms with Gasteiger partial charge in [0.2, 0.25) is 0 Å². The van der Waals surface area contributed by atoms with Crippen LogP contribution in [0, 0.1) is 0 Å². The molecule has 0 atom stereocenters. The van der Waals surface area contributed by atoms with Crippen LogP contribution in [0.5, 0.6) is 0 Å². The summed E-state index contributed by atoms with van der Waals surface area (Å²) >= 11 is 0. The lowest BCUT2D eigenvalue weighted by Crippen LogP contribution is -2.26. The number of hydrogen-bond acceptors (Lipinski definition) is 4. The third-order valence-corrected chi connectivity index (χ3v) is 2.76. The molecule has 1 rings (SSSR count). The zero-order chi connectivity index (χ0) is 15.6. The Morgan fingerprint density at radius 1 is 1.20 bits per heavy atom. The average Bonchev–Trinajstić information content (AvgIpc) is 2.33. The molecule has 0 aliphatic heterocycles. The fourth-order valence-corrected chi connectivity index (χ4v) is 1.50. The van der Waals surface area contributed by atoms with E-state index >= 15 is 0 Å². The summed E-state index contributed by atoms with van der Waals surface area (Å²) in [4.78, 5) is 10.2. The van der Waals surface area contributed by atoms with E-state index < -0.39 is 12.6 Å². The molecular weight excluding hydrogens is 269 g/mol. The summed E-state index contributed by atoms with van der Waals surface area (Å²) in [7, 11) is 3.31. The number of rotatable bonds is 4. The third-order valence-electron chi connectivity index (χ3n) is 2.76. The lowest BCUT2D eigenvalue weighted by atomic mass is 9.96. The Morgan fingerprint density at radius 2 is 1.80 bits per heavy atom. The van der Waals surface area contributed by atoms with Crippen LogP contribution >= 0.6 is 0 Å². The van der Waals surface area contributed by atoms with Crippen LogP contribution in [-0.2, 0) is 5.41 Å². The highest BCUT2D eigenvalue weighted by Crippen LogP contribution is 2.25. The average molecular weight is 290 g/mol. The van der Waals surface area contributed by atoms with Crippen molar-refractivity contribution in [3.63, 3.8) is 0 Å². The number of anilines is 2. The van der Waals surface area contributed by atoms with Crippen LogP contribution in [0.4, 0.5) is 24.8 Å². The van der Waals surface area contributed by atoms with Crippen molar-refractivity contribution < 1.29 is 13.2 Å². The van der Waals surface area contributed by atoms with Gasteiger partial charge in [-0.15, -0.1) is 0 Å². The van der Waals surface area contributed by atoms with Gasteiger partial charge in [-0.05, 0) is 0 Å². The van der Waals surface area contributed by atoms with Crippen molar-refractivity contribution in [2.75, 3.05) is 30.9 Å². The first kappa shape index (κ1) is 16.5. The minimum atomic E-state index is -4.17. The van der Waals surface area contributed by atoms with E-state index in [-0.39, 0.29) is 12.0 Å². The quantitative estimate of drug-likeness (QED) is 0.924. The smallest absolute Gasteiger partial charge is 0.373 e. The standard InChI is InChI=1S/C13H21F3N4/c1-12(2,3)11-18-9(17-4)8-10(19-11)20(5)7-6-13(14,15)16/h8H,6-7H2,1-5H3,(H,17,18,19). The fraction of sp³-hybridized carbons (Fsp3) is 0.692. The molecule has 0 aliphatic rings. The molecule has 4 nitrogen and oxygen atoms in total. The van der Waals surface area contributed by atoms with E-state index in [1.165, 1.54) is 4.90 Å². The lowest BCUT2D eigenvalue weighted by Gasteiger charge is -2.23. The van der Waals surface area contributed by atoms with Crippen molar-refractivity contribution >= 4 is 11.6 Å². The molecule has 0 bridgehead atoms. The topological polar surface area (TPSA) is 41.0 Å². The van der Waals surface area contributed by atoms with Crippen molar-refractivity contribution in [2.24, 2.45) is 0 Å². The molecule has 114 valence electrons. The summed E-state index contributed by atoms with van der Waals surface area (Å²) in [6.45, 7) is 5.75. The summed E-state index contributed by atoms with van der Waals surface area (Å²) in [6, 6.07) is 1.64. The highest BCUT2D eigenvalue weighted by atomic mass is 19.4. The zero-order valence-electron chi connectivity index (χ0n) is 12.5. The van der Waals surface area contributed by atoms with Crippen molar-refractivity contribution in [1.82, 2.24) is 9.97 Å². The molecule has 0 fully saturated rings. The van der Waals surface area contributed by atoms with Gasteiger partial charge >= 0.3 is 6.18 Å². The van der Waals surface area contributed by atoms with Crippen LogP contribution in [0.15, 0.2) is 6.07 Å². The van der Waals surface area contributed by atoms with E-state index in [0.29, 0.717) is 17.5 Å². The van der Waals surface area contributed by atoms with Gasteiger partial charge in [-0.25, -0.2) is 9.97 Å². The second kappa shape index (κ2) is 5.85. The Bertz CT molecular complexity index is 452. The molecule has 0 radical (unpaired) electrons. The first-order chi connectivity index (χ1) is 9.03. The Balaban J connectivity index is 2.99. The van der Waals surface area contributed by atoms with Gasteiger partial charge in [0.05, 0.1) is 6.42 Å². The van der Waals surface area contributed by atoms with E-state index in [2.05, 4.69) is 15.3 Å². The van der Waals surface area contributed by atoms with E-state index in [9.17, 15) is 13.2 Å². The second-order valence-electron chi connectivity index (χ2n) is 5.72. The molecule has 0 spiro atoms. The predicted octanol–water partition coefficient (Wildman–Crippen LogP) is 3.20. The molecule has 0 aliphatic carbocycles. The minimum Gasteiger partial charge on any atom is -0.373 e. The van der Waals surface area contributed by atoms with Crippen LogP contribution in [0.1, 0.15) is 33.0 Å². The van der Waals surface area contributed by atoms with Crippen LogP contribution in [0.2, 0.25) is 0 Å². The molecular formula is C13H21F3N4. The normalized spacial score (nSPS) is 12.4. The van der Waals surface area contributed by atoms with Gasteiger partial charge in [-0.3, -0.25) is 0 Å². The number of hydrogen-bond donors (Lipinski definition) is 1. The number of nitrogens with one attached hydrogen (secondary N) is 1. The Kier molecular flexibility index (Phi) is 4.83. The predicted molar refractivity (Wildman–Crippen MR) is 74.2 cm³/mol. The van der Waals surface area contributed by atoms with Crippen molar-refractivity contribution in [3.8, 4) is 0 Å². The SMILES string of the molecule is CNc1cc(N(C)CCC(F)(F)F)nc(C(C)(C)C)n1. The van der Waals surface area contributed by atoms with Crippen LogP contribution in [0.3, 0.4) is 0 Å². The number of nitrogens with zero attached hydrogens (tertiary/aromatic N) is 3. The first-order valence-electron chi connectivity index (χ1n) is 6.38. The van der Waals surface area contributed by atoms with Crippen molar-refractivity contribution in [3.05, 3.63) is 11.9 Å². The minimum absolute atomic E-state index is 0.132. The summed E-state index contributed by atoms with van der Waals surface area (Å²) in [6.07, 6.45) is -5.03. The monoisotopic (exact) mass is 290 g/mol. The maximum absolute atomic E-state index is 12.3. The molecule has 0 saturated heterocycles. The highest BCUT2D eigenvalue weighted by molar-refractivity contribution is 5.49. The number of aromatic nitrogens is 2. The van der Waals surface area contributed by atoms with Gasteiger partial charge in [-0.1, -0.05) is 20.8 Å². The first-order valence-corrected chi connectivity index (χ1v) is 6.38. The van der Waals surface area contributed by atoms with Crippen LogP contribution < -0.4 is 10.2 Å². The lowest BCUT2D eigenvalue weighted by molar-refractivity contribution is -0.132.